The van der Waals surface area contributed by atoms with E-state index in [9.17, 15) is 8.78 Å². The number of nitrogens with zero attached hydrogens (tertiary/aromatic N) is 3. The molecule has 1 heterocycles. The average molecular weight is 203 g/mol. The van der Waals surface area contributed by atoms with Crippen molar-refractivity contribution < 1.29 is 8.78 Å². The molecule has 66 valence electrons. The van der Waals surface area contributed by atoms with Crippen molar-refractivity contribution in [3.8, 4) is 12.1 Å². The van der Waals surface area contributed by atoms with Gasteiger partial charge in [0.05, 0.1) is 0 Å². The summed E-state index contributed by atoms with van der Waals surface area (Å²) in [5, 5.41) is 13.0. The van der Waals surface area contributed by atoms with E-state index in [2.05, 4.69) is 16.6 Å². The molecule has 0 aliphatic rings. The molecule has 0 saturated heterocycles. The largest absolute Gasteiger partial charge is 0.379 e. The second-order valence-electron chi connectivity index (χ2n) is 2.03. The molecule has 0 bridgehead atoms. The third-order valence-electron chi connectivity index (χ3n) is 1.19. The Kier molecular flexibility index (Phi) is 2.18. The van der Waals surface area contributed by atoms with Crippen molar-refractivity contribution in [1.82, 2.24) is 9.97 Å². The van der Waals surface area contributed by atoms with Gasteiger partial charge in [-0.1, -0.05) is 0 Å². The molecule has 0 saturated carbocycles. The minimum atomic E-state index is -3.69. The van der Waals surface area contributed by atoms with E-state index in [1.54, 1.807) is 0 Å². The van der Waals surface area contributed by atoms with Gasteiger partial charge in [-0.15, -0.1) is 0 Å². The third kappa shape index (κ3) is 1.74. The second kappa shape index (κ2) is 3.00. The Bertz CT molecular complexity index is 374. The van der Waals surface area contributed by atoms with Crippen LogP contribution in [0.1, 0.15) is 17.2 Å². The maximum atomic E-state index is 12.4. The summed E-state index contributed by atoms with van der Waals surface area (Å²) in [5.74, 6) is -0.901. The number of rotatable bonds is 1. The van der Waals surface area contributed by atoms with Gasteiger partial charge in [0.2, 0.25) is 0 Å². The highest BCUT2D eigenvalue weighted by Gasteiger charge is 2.33. The lowest BCUT2D eigenvalue weighted by atomic mass is 10.4. The number of hydrogen-bond donors (Lipinski definition) is 1. The average Bonchev–Trinajstić information content (AvgIpc) is 2.45. The lowest BCUT2D eigenvalue weighted by Crippen LogP contribution is -2.05. The minimum Gasteiger partial charge on any atom is -0.326 e. The molecule has 0 aromatic carbocycles. The summed E-state index contributed by atoms with van der Waals surface area (Å²) in [7, 11) is 0. The first-order valence-electron chi connectivity index (χ1n) is 2.96. The Labute approximate surface area is 76.4 Å². The zero-order chi connectivity index (χ0) is 10.1. The number of aromatic amines is 1. The van der Waals surface area contributed by atoms with Crippen molar-refractivity contribution >= 4 is 11.6 Å². The van der Waals surface area contributed by atoms with E-state index in [-0.39, 0.29) is 5.69 Å². The molecule has 0 unspecified atom stereocenters. The van der Waals surface area contributed by atoms with Crippen molar-refractivity contribution in [1.29, 1.82) is 10.5 Å². The standard InChI is InChI=1S/C6HClF2N4/c7-6(8,9)5-12-3(1-10)4(2-11)13-5/h(H,12,13). The summed E-state index contributed by atoms with van der Waals surface area (Å²) >= 11 is 4.61. The van der Waals surface area contributed by atoms with Crippen LogP contribution in [0.5, 0.6) is 0 Å². The Morgan fingerprint density at radius 2 is 2.00 bits per heavy atom. The Morgan fingerprint density at radius 1 is 1.38 bits per heavy atom. The van der Waals surface area contributed by atoms with Crippen LogP contribution in [0.2, 0.25) is 0 Å². The number of nitrogens with one attached hydrogen (secondary N) is 1. The van der Waals surface area contributed by atoms with E-state index in [0.29, 0.717) is 0 Å². The number of imidazole rings is 1. The molecule has 0 fully saturated rings. The molecule has 0 radical (unpaired) electrons. The van der Waals surface area contributed by atoms with E-state index in [4.69, 9.17) is 10.5 Å². The number of nitriles is 2. The summed E-state index contributed by atoms with van der Waals surface area (Å²) < 4.78 is 24.7. The van der Waals surface area contributed by atoms with Crippen molar-refractivity contribution in [2.45, 2.75) is 5.38 Å². The first-order valence-corrected chi connectivity index (χ1v) is 3.34. The maximum absolute atomic E-state index is 12.4. The van der Waals surface area contributed by atoms with Crippen LogP contribution < -0.4 is 0 Å². The molecule has 7 heteroatoms. The highest BCUT2D eigenvalue weighted by atomic mass is 35.5. The maximum Gasteiger partial charge on any atom is 0.379 e. The zero-order valence-electron chi connectivity index (χ0n) is 5.98. The van der Waals surface area contributed by atoms with Crippen LogP contribution in [-0.4, -0.2) is 9.97 Å². The third-order valence-corrected chi connectivity index (χ3v) is 1.37. The van der Waals surface area contributed by atoms with Crippen LogP contribution in [0.25, 0.3) is 0 Å². The molecule has 13 heavy (non-hydrogen) atoms. The number of H-pyrrole nitrogens is 1. The van der Waals surface area contributed by atoms with Gasteiger partial charge in [0.15, 0.2) is 17.2 Å². The number of hydrogen-bond acceptors (Lipinski definition) is 3. The highest BCUT2D eigenvalue weighted by Crippen LogP contribution is 2.30. The molecule has 1 aromatic rings. The highest BCUT2D eigenvalue weighted by molar-refractivity contribution is 6.21. The first-order chi connectivity index (χ1) is 5.99. The van der Waals surface area contributed by atoms with Gasteiger partial charge in [0.25, 0.3) is 0 Å². The monoisotopic (exact) mass is 202 g/mol. The smallest absolute Gasteiger partial charge is 0.326 e. The Hall–Kier alpha value is -1.66. The van der Waals surface area contributed by atoms with Crippen molar-refractivity contribution in [3.05, 3.63) is 17.2 Å². The van der Waals surface area contributed by atoms with E-state index in [1.165, 1.54) is 12.1 Å². The summed E-state index contributed by atoms with van der Waals surface area (Å²) in [6.45, 7) is 0. The van der Waals surface area contributed by atoms with Crippen LogP contribution in [0, 0.1) is 22.7 Å². The molecule has 4 nitrogen and oxygen atoms in total. The topological polar surface area (TPSA) is 76.3 Å². The lowest BCUT2D eigenvalue weighted by molar-refractivity contribution is 0.0854. The summed E-state index contributed by atoms with van der Waals surface area (Å²) in [4.78, 5) is 5.10. The van der Waals surface area contributed by atoms with E-state index in [1.807, 2.05) is 4.98 Å². The minimum absolute atomic E-state index is 0.321. The molecular weight excluding hydrogens is 202 g/mol. The molecule has 0 amide bonds. The van der Waals surface area contributed by atoms with Crippen molar-refractivity contribution in [2.75, 3.05) is 0 Å². The van der Waals surface area contributed by atoms with Crippen LogP contribution in [0.15, 0.2) is 0 Å². The second-order valence-corrected chi connectivity index (χ2v) is 2.51. The van der Waals surface area contributed by atoms with Crippen LogP contribution in [0.3, 0.4) is 0 Å². The Balaban J connectivity index is 3.26. The summed E-state index contributed by atoms with van der Waals surface area (Å²) in [5.41, 5.74) is -0.712. The van der Waals surface area contributed by atoms with Gasteiger partial charge in [-0.3, -0.25) is 0 Å². The van der Waals surface area contributed by atoms with Gasteiger partial charge in [0, 0.05) is 0 Å². The summed E-state index contributed by atoms with van der Waals surface area (Å²) in [6.07, 6.45) is 0. The Morgan fingerprint density at radius 3 is 2.31 bits per heavy atom. The van der Waals surface area contributed by atoms with Gasteiger partial charge in [-0.05, 0) is 11.6 Å². The van der Waals surface area contributed by atoms with Crippen LogP contribution in [-0.2, 0) is 5.38 Å². The fraction of sp³-hybridized carbons (Fsp3) is 0.167. The molecule has 1 rings (SSSR count). The van der Waals surface area contributed by atoms with E-state index >= 15 is 0 Å². The number of alkyl halides is 3. The molecule has 0 atom stereocenters. The quantitative estimate of drug-likeness (QED) is 0.700. The summed E-state index contributed by atoms with van der Waals surface area (Å²) in [6, 6.07) is 2.99. The molecule has 1 aromatic heterocycles. The van der Waals surface area contributed by atoms with Gasteiger partial charge in [0.1, 0.15) is 12.1 Å². The molecule has 0 aliphatic carbocycles. The van der Waals surface area contributed by atoms with Crippen molar-refractivity contribution in [2.24, 2.45) is 0 Å². The first kappa shape index (κ1) is 9.43. The van der Waals surface area contributed by atoms with Crippen molar-refractivity contribution in [3.63, 3.8) is 0 Å². The predicted octanol–water partition coefficient (Wildman–Crippen LogP) is 1.44. The van der Waals surface area contributed by atoms with Gasteiger partial charge < -0.3 is 4.98 Å². The van der Waals surface area contributed by atoms with Crippen LogP contribution in [0.4, 0.5) is 8.78 Å². The fourth-order valence-electron chi connectivity index (χ4n) is 0.669. The van der Waals surface area contributed by atoms with Gasteiger partial charge in [-0.25, -0.2) is 4.98 Å². The van der Waals surface area contributed by atoms with E-state index in [0.717, 1.165) is 0 Å². The SMILES string of the molecule is N#Cc1nc(C(F)(F)Cl)[nH]c1C#N. The number of aromatic nitrogens is 2. The van der Waals surface area contributed by atoms with Crippen LogP contribution >= 0.6 is 11.6 Å². The van der Waals surface area contributed by atoms with E-state index < -0.39 is 16.9 Å². The molecule has 1 N–H and O–H groups in total. The molecule has 0 spiro atoms. The molecule has 0 aliphatic heterocycles. The number of halogens is 3. The van der Waals surface area contributed by atoms with Gasteiger partial charge in [-0.2, -0.15) is 19.3 Å². The zero-order valence-corrected chi connectivity index (χ0v) is 6.73. The fourth-order valence-corrected chi connectivity index (χ4v) is 0.759. The lowest BCUT2D eigenvalue weighted by Gasteiger charge is -2.00. The normalized spacial score (nSPS) is 10.5. The van der Waals surface area contributed by atoms with Gasteiger partial charge >= 0.3 is 5.38 Å². The molecular formula is C6HClF2N4. The predicted molar refractivity (Wildman–Crippen MR) is 37.8 cm³/mol.